The van der Waals surface area contributed by atoms with E-state index in [0.29, 0.717) is 40.9 Å². The molecule has 0 amide bonds. The number of halogens is 4. The van der Waals surface area contributed by atoms with Crippen LogP contribution in [0.5, 0.6) is 0 Å². The fourth-order valence-corrected chi connectivity index (χ4v) is 9.69. The Kier molecular flexibility index (Phi) is 9.56. The molecule has 5 aromatic carbocycles. The van der Waals surface area contributed by atoms with Crippen LogP contribution in [-0.2, 0) is 3.74 Å². The molecule has 0 spiro atoms. The Balaban J connectivity index is 1.54. The van der Waals surface area contributed by atoms with Crippen LogP contribution < -0.4 is 14.0 Å². The Bertz CT molecular complexity index is 1650. The molecule has 214 valence electrons. The second-order valence-corrected chi connectivity index (χ2v) is 15.0. The third-order valence-corrected chi connectivity index (χ3v) is 12.1. The molecule has 0 aliphatic carbocycles. The molecular formula is C31H20Cl4O5S2. The highest BCUT2D eigenvalue weighted by Gasteiger charge is 2.46. The second-order valence-electron chi connectivity index (χ2n) is 8.82. The van der Waals surface area contributed by atoms with Crippen molar-refractivity contribution in [1.29, 1.82) is 0 Å². The maximum absolute atomic E-state index is 13.1. The van der Waals surface area contributed by atoms with Gasteiger partial charge in [-0.1, -0.05) is 76.9 Å². The first-order chi connectivity index (χ1) is 20.0. The van der Waals surface area contributed by atoms with Crippen molar-refractivity contribution in [2.24, 2.45) is 0 Å². The normalized spacial score (nSPS) is 12.2. The number of rotatable bonds is 9. The van der Waals surface area contributed by atoms with Gasteiger partial charge in [0.1, 0.15) is 3.74 Å². The van der Waals surface area contributed by atoms with Crippen LogP contribution in [0.25, 0.3) is 0 Å². The lowest BCUT2D eigenvalue weighted by molar-refractivity contribution is -1.91. The van der Waals surface area contributed by atoms with Gasteiger partial charge in [-0.2, -0.15) is 14.0 Å². The predicted molar refractivity (Wildman–Crippen MR) is 158 cm³/mol. The molecule has 0 saturated heterocycles. The minimum atomic E-state index is -4.85. The number of hydrogen-bond acceptors (Lipinski definition) is 6. The molecule has 0 aliphatic heterocycles. The Hall–Kier alpha value is -2.53. The van der Waals surface area contributed by atoms with Crippen LogP contribution in [0.3, 0.4) is 0 Å². The summed E-state index contributed by atoms with van der Waals surface area (Å²) in [4.78, 5) is 16.0. The van der Waals surface area contributed by atoms with Crippen molar-refractivity contribution in [2.75, 3.05) is 0 Å². The minimum absolute atomic E-state index is 0.187. The van der Waals surface area contributed by atoms with E-state index in [-0.39, 0.29) is 5.78 Å². The maximum atomic E-state index is 13.1. The van der Waals surface area contributed by atoms with Crippen molar-refractivity contribution in [1.82, 2.24) is 0 Å². The summed E-state index contributed by atoms with van der Waals surface area (Å²) < 4.78 is 41.9. The van der Waals surface area contributed by atoms with Gasteiger partial charge in [-0.25, -0.2) is 0 Å². The van der Waals surface area contributed by atoms with Gasteiger partial charge in [0.05, 0.1) is 25.6 Å². The minimum Gasteiger partial charge on any atom is -0.289 e. The molecular weight excluding hydrogens is 658 g/mol. The molecule has 42 heavy (non-hydrogen) atoms. The molecule has 0 unspecified atom stereocenters. The standard InChI is InChI=1S/C31H20Cl4O5S2/c32-22-6-13-26(14-7-22)42(40-35(37,38)39,27-15-8-23(33)9-16-27)28-17-10-24(11-18-28)41-25-12-19-30(34)29(20-25)31(36)21-4-2-1-3-5-21/h1-20H. The van der Waals surface area contributed by atoms with Crippen LogP contribution in [0.15, 0.2) is 146 Å². The zero-order valence-electron chi connectivity index (χ0n) is 21.4. The highest BCUT2D eigenvalue weighted by atomic mass is 35.7. The second kappa shape index (κ2) is 13.0. The molecule has 0 aromatic heterocycles. The molecule has 5 aromatic rings. The summed E-state index contributed by atoms with van der Waals surface area (Å²) in [5, 5.41) is 1.22. The zero-order valence-corrected chi connectivity index (χ0v) is 26.1. The zero-order chi connectivity index (χ0) is 29.9. The van der Waals surface area contributed by atoms with E-state index >= 15 is 0 Å². The van der Waals surface area contributed by atoms with E-state index in [4.69, 9.17) is 38.5 Å². The highest BCUT2D eigenvalue weighted by molar-refractivity contribution is 8.29. The Morgan fingerprint density at radius 2 is 1.12 bits per heavy atom. The van der Waals surface area contributed by atoms with Gasteiger partial charge in [-0.15, -0.1) is 0 Å². The lowest BCUT2D eigenvalue weighted by Gasteiger charge is -2.34. The average molecular weight is 678 g/mol. The van der Waals surface area contributed by atoms with Gasteiger partial charge in [0.25, 0.3) is 0 Å². The molecule has 0 aliphatic rings. The van der Waals surface area contributed by atoms with E-state index < -0.39 is 20.6 Å². The molecule has 0 saturated carbocycles. The van der Waals surface area contributed by atoms with Gasteiger partial charge >= 0.3 is 0 Å². The van der Waals surface area contributed by atoms with Crippen molar-refractivity contribution >= 4 is 62.7 Å². The van der Waals surface area contributed by atoms with E-state index in [1.807, 2.05) is 12.1 Å². The molecule has 0 fully saturated rings. The molecule has 11 heteroatoms. The van der Waals surface area contributed by atoms with E-state index in [1.54, 1.807) is 109 Å². The Labute approximate surface area is 265 Å². The summed E-state index contributed by atoms with van der Waals surface area (Å²) in [5.41, 5.74) is 0.911. The predicted octanol–water partition coefficient (Wildman–Crippen LogP) is 7.14. The SMILES string of the molecule is O=C(c1ccccc1)c1cc(Sc2ccc(S(O[Cl+3]([O-])([O-])[O-])(c3ccc(Cl)cc3)c3ccc(Cl)cc3)cc2)ccc1Cl. The summed E-state index contributed by atoms with van der Waals surface area (Å²) in [6.45, 7) is 0. The summed E-state index contributed by atoms with van der Waals surface area (Å²) in [5.74, 6) is -0.187. The van der Waals surface area contributed by atoms with E-state index in [0.717, 1.165) is 9.79 Å². The van der Waals surface area contributed by atoms with Crippen molar-refractivity contribution in [2.45, 2.75) is 24.5 Å². The van der Waals surface area contributed by atoms with E-state index in [2.05, 4.69) is 0 Å². The molecule has 0 atom stereocenters. The van der Waals surface area contributed by atoms with Crippen LogP contribution in [0.1, 0.15) is 15.9 Å². The van der Waals surface area contributed by atoms with Crippen LogP contribution in [0.4, 0.5) is 0 Å². The fraction of sp³-hybridized carbons (Fsp3) is 0. The summed E-state index contributed by atoms with van der Waals surface area (Å²) >= 11 is 20.0. The average Bonchev–Trinajstić information content (AvgIpc) is 2.98. The van der Waals surface area contributed by atoms with Crippen LogP contribution >= 0.6 is 56.9 Å². The summed E-state index contributed by atoms with van der Waals surface area (Å²) in [6, 6.07) is 34.1. The van der Waals surface area contributed by atoms with Crippen molar-refractivity contribution < 1.29 is 32.8 Å². The molecule has 0 bridgehead atoms. The lowest BCUT2D eigenvalue weighted by Crippen LogP contribution is -2.61. The van der Waals surface area contributed by atoms with Gasteiger partial charge in [-0.3, -0.25) is 4.79 Å². The highest BCUT2D eigenvalue weighted by Crippen LogP contribution is 2.70. The van der Waals surface area contributed by atoms with Crippen LogP contribution in [0.2, 0.25) is 15.1 Å². The summed E-state index contributed by atoms with van der Waals surface area (Å²) in [7, 11) is -7.92. The lowest BCUT2D eigenvalue weighted by atomic mass is 10.0. The van der Waals surface area contributed by atoms with Crippen molar-refractivity contribution in [3.8, 4) is 0 Å². The topological polar surface area (TPSA) is 95.5 Å². The number of carbonyl (C=O) groups is 1. The Morgan fingerprint density at radius 1 is 0.643 bits per heavy atom. The van der Waals surface area contributed by atoms with E-state index in [9.17, 15) is 18.8 Å². The van der Waals surface area contributed by atoms with Gasteiger partial charge in [0.2, 0.25) is 0 Å². The van der Waals surface area contributed by atoms with Gasteiger partial charge < -0.3 is 0 Å². The van der Waals surface area contributed by atoms with Gasteiger partial charge in [0.15, 0.2) is 5.78 Å². The third kappa shape index (κ3) is 6.98. The molecule has 0 heterocycles. The summed E-state index contributed by atoms with van der Waals surface area (Å²) in [6.07, 6.45) is 0. The third-order valence-electron chi connectivity index (χ3n) is 6.07. The van der Waals surface area contributed by atoms with Crippen molar-refractivity contribution in [3.05, 3.63) is 148 Å². The van der Waals surface area contributed by atoms with Gasteiger partial charge in [0, 0.05) is 45.6 Å². The largest absolute Gasteiger partial charge is 0.289 e. The first-order valence-corrected chi connectivity index (χ1v) is 16.9. The number of hydrogen-bond donors (Lipinski definition) is 0. The van der Waals surface area contributed by atoms with Crippen molar-refractivity contribution in [3.63, 3.8) is 0 Å². The van der Waals surface area contributed by atoms with E-state index in [1.165, 1.54) is 11.8 Å². The first kappa shape index (κ1) is 30.9. The quantitative estimate of drug-likeness (QED) is 0.154. The number of carbonyl (C=O) groups excluding carboxylic acids is 1. The number of ketones is 1. The molecule has 5 rings (SSSR count). The first-order valence-electron chi connectivity index (χ1n) is 12.2. The maximum Gasteiger partial charge on any atom is 0.194 e. The monoisotopic (exact) mass is 676 g/mol. The molecule has 5 nitrogen and oxygen atoms in total. The van der Waals surface area contributed by atoms with Gasteiger partial charge in [-0.05, 0) is 91.0 Å². The molecule has 0 N–H and O–H groups in total. The Morgan fingerprint density at radius 3 is 1.62 bits per heavy atom. The smallest absolute Gasteiger partial charge is 0.194 e. The molecule has 0 radical (unpaired) electrons. The fourth-order valence-electron chi connectivity index (χ4n) is 4.21. The number of benzene rings is 5. The van der Waals surface area contributed by atoms with Crippen LogP contribution in [0, 0.1) is 10.2 Å². The van der Waals surface area contributed by atoms with Crippen LogP contribution in [-0.4, -0.2) is 5.78 Å².